The third-order valence-corrected chi connectivity index (χ3v) is 6.04. The third-order valence-electron chi connectivity index (χ3n) is 4.80. The molecule has 1 aliphatic heterocycles. The number of hydrogen-bond donors (Lipinski definition) is 1. The number of para-hydroxylation sites is 1. The quantitative estimate of drug-likeness (QED) is 0.580. The number of carbonyl (C=O) groups is 1. The second-order valence-electron chi connectivity index (χ2n) is 7.20. The average molecular weight is 455 g/mol. The molecule has 1 aliphatic rings. The van der Waals surface area contributed by atoms with Gasteiger partial charge in [0.25, 0.3) is 0 Å². The molecule has 0 fully saturated rings. The molecule has 9 heteroatoms. The van der Waals surface area contributed by atoms with E-state index < -0.39 is 22.0 Å². The molecule has 166 valence electrons. The number of sulfonamides is 1. The molecule has 3 aromatic carbocycles. The highest BCUT2D eigenvalue weighted by atomic mass is 32.2. The number of ether oxygens (including phenoxy) is 3. The van der Waals surface area contributed by atoms with Crippen LogP contribution in [0.4, 0.5) is 11.4 Å². The van der Waals surface area contributed by atoms with Crippen molar-refractivity contribution < 1.29 is 27.4 Å². The minimum atomic E-state index is -3.75. The molecule has 0 spiro atoms. The van der Waals surface area contributed by atoms with Gasteiger partial charge in [0.1, 0.15) is 17.5 Å². The molecule has 4 rings (SSSR count). The molecule has 32 heavy (non-hydrogen) atoms. The van der Waals surface area contributed by atoms with Gasteiger partial charge in [0.15, 0.2) is 11.5 Å². The maximum Gasteiger partial charge on any atom is 0.247 e. The number of fused-ring (bicyclic) bond motifs is 1. The van der Waals surface area contributed by atoms with Crippen molar-refractivity contribution >= 4 is 27.3 Å². The Morgan fingerprint density at radius 2 is 1.62 bits per heavy atom. The van der Waals surface area contributed by atoms with Gasteiger partial charge in [-0.25, -0.2) is 8.42 Å². The highest BCUT2D eigenvalue weighted by molar-refractivity contribution is 7.92. The van der Waals surface area contributed by atoms with Crippen LogP contribution in [0.1, 0.15) is 6.92 Å². The maximum atomic E-state index is 12.9. The number of nitrogens with zero attached hydrogens (tertiary/aromatic N) is 1. The van der Waals surface area contributed by atoms with E-state index in [4.69, 9.17) is 14.2 Å². The maximum absolute atomic E-state index is 12.9. The van der Waals surface area contributed by atoms with E-state index in [1.165, 1.54) is 6.92 Å². The zero-order chi connectivity index (χ0) is 22.7. The van der Waals surface area contributed by atoms with Gasteiger partial charge in [-0.15, -0.1) is 0 Å². The summed E-state index contributed by atoms with van der Waals surface area (Å²) in [5.41, 5.74) is 0.826. The average Bonchev–Trinajstić information content (AvgIpc) is 3.23. The van der Waals surface area contributed by atoms with Gasteiger partial charge in [-0.05, 0) is 55.5 Å². The zero-order valence-corrected chi connectivity index (χ0v) is 18.3. The van der Waals surface area contributed by atoms with E-state index in [0.717, 1.165) is 10.6 Å². The second-order valence-corrected chi connectivity index (χ2v) is 9.06. The van der Waals surface area contributed by atoms with Gasteiger partial charge in [0, 0.05) is 11.8 Å². The highest BCUT2D eigenvalue weighted by Crippen LogP contribution is 2.34. The largest absolute Gasteiger partial charge is 0.457 e. The first-order valence-corrected chi connectivity index (χ1v) is 11.7. The van der Waals surface area contributed by atoms with Crippen molar-refractivity contribution in [2.45, 2.75) is 13.0 Å². The van der Waals surface area contributed by atoms with Crippen molar-refractivity contribution in [3.63, 3.8) is 0 Å². The van der Waals surface area contributed by atoms with Crippen molar-refractivity contribution in [3.8, 4) is 23.0 Å². The minimum absolute atomic E-state index is 0.120. The molecule has 0 bridgehead atoms. The molecule has 0 aromatic heterocycles. The van der Waals surface area contributed by atoms with Crippen LogP contribution in [0.5, 0.6) is 23.0 Å². The summed E-state index contributed by atoms with van der Waals surface area (Å²) in [6, 6.07) is 19.7. The molecule has 1 N–H and O–H groups in total. The zero-order valence-electron chi connectivity index (χ0n) is 17.5. The lowest BCUT2D eigenvalue weighted by Crippen LogP contribution is -2.45. The van der Waals surface area contributed by atoms with E-state index in [1.54, 1.807) is 42.5 Å². The fourth-order valence-corrected chi connectivity index (χ4v) is 4.49. The molecule has 3 aromatic rings. The van der Waals surface area contributed by atoms with Crippen molar-refractivity contribution in [1.82, 2.24) is 0 Å². The Morgan fingerprint density at radius 1 is 0.969 bits per heavy atom. The molecule has 1 atom stereocenters. The van der Waals surface area contributed by atoms with Crippen LogP contribution in [0.15, 0.2) is 72.8 Å². The Labute approximate surface area is 186 Å². The summed E-state index contributed by atoms with van der Waals surface area (Å²) in [6.45, 7) is 1.65. The van der Waals surface area contributed by atoms with Crippen molar-refractivity contribution in [1.29, 1.82) is 0 Å². The molecule has 8 nitrogen and oxygen atoms in total. The number of rotatable bonds is 7. The summed E-state index contributed by atoms with van der Waals surface area (Å²) in [5, 5.41) is 2.73. The summed E-state index contributed by atoms with van der Waals surface area (Å²) in [5.74, 6) is 1.83. The van der Waals surface area contributed by atoms with Crippen LogP contribution in [-0.4, -0.2) is 33.4 Å². The standard InChI is InChI=1S/C23H22N2O6S/c1-16(23(26)24-17-8-13-21-22(14-17)30-15-29-21)25(32(2,27)28)18-9-11-20(12-10-18)31-19-6-4-3-5-7-19/h3-14,16H,15H2,1-2H3,(H,24,26)/t16-/m0/s1. The molecule has 0 unspecified atom stereocenters. The Morgan fingerprint density at radius 3 is 2.31 bits per heavy atom. The van der Waals surface area contributed by atoms with E-state index in [2.05, 4.69) is 5.32 Å². The van der Waals surface area contributed by atoms with E-state index >= 15 is 0 Å². The van der Waals surface area contributed by atoms with Crippen molar-refractivity contribution in [3.05, 3.63) is 72.8 Å². The molecule has 1 heterocycles. The normalized spacial score (nSPS) is 13.3. The first-order valence-electron chi connectivity index (χ1n) is 9.84. The van der Waals surface area contributed by atoms with Crippen LogP contribution in [0.25, 0.3) is 0 Å². The Kier molecular flexibility index (Phi) is 5.91. The summed E-state index contributed by atoms with van der Waals surface area (Å²) < 4.78 is 42.5. The number of nitrogens with one attached hydrogen (secondary N) is 1. The van der Waals surface area contributed by atoms with Crippen molar-refractivity contribution in [2.75, 3.05) is 22.7 Å². The summed E-state index contributed by atoms with van der Waals surface area (Å²) >= 11 is 0. The van der Waals surface area contributed by atoms with E-state index in [0.29, 0.717) is 34.4 Å². The molecule has 0 radical (unpaired) electrons. The van der Waals surface area contributed by atoms with Gasteiger partial charge in [0.2, 0.25) is 22.7 Å². The SMILES string of the molecule is C[C@@H](C(=O)Nc1ccc2c(c1)OCO2)N(c1ccc(Oc2ccccc2)cc1)S(C)(=O)=O. The monoisotopic (exact) mass is 454 g/mol. The van der Waals surface area contributed by atoms with E-state index in [-0.39, 0.29) is 6.79 Å². The Hall–Kier alpha value is -3.72. The van der Waals surface area contributed by atoms with Gasteiger partial charge < -0.3 is 19.5 Å². The summed E-state index contributed by atoms with van der Waals surface area (Å²) in [6.07, 6.45) is 1.06. The first kappa shape index (κ1) is 21.5. The minimum Gasteiger partial charge on any atom is -0.457 e. The number of benzene rings is 3. The number of carbonyl (C=O) groups excluding carboxylic acids is 1. The number of hydrogen-bond acceptors (Lipinski definition) is 6. The number of amides is 1. The van der Waals surface area contributed by atoms with E-state index in [9.17, 15) is 13.2 Å². The van der Waals surface area contributed by atoms with Crippen LogP contribution in [0.2, 0.25) is 0 Å². The van der Waals surface area contributed by atoms with Gasteiger partial charge in [0.05, 0.1) is 11.9 Å². The van der Waals surface area contributed by atoms with Crippen LogP contribution in [-0.2, 0) is 14.8 Å². The lowest BCUT2D eigenvalue weighted by molar-refractivity contribution is -0.116. The predicted octanol–water partition coefficient (Wildman–Crippen LogP) is 4.00. The highest BCUT2D eigenvalue weighted by Gasteiger charge is 2.29. The summed E-state index contributed by atoms with van der Waals surface area (Å²) in [4.78, 5) is 12.9. The Bertz CT molecular complexity index is 1210. The van der Waals surface area contributed by atoms with Gasteiger partial charge in [-0.1, -0.05) is 18.2 Å². The van der Waals surface area contributed by atoms with Gasteiger partial charge >= 0.3 is 0 Å². The van der Waals surface area contributed by atoms with Gasteiger partial charge in [-0.2, -0.15) is 0 Å². The van der Waals surface area contributed by atoms with E-state index in [1.807, 2.05) is 30.3 Å². The fourth-order valence-electron chi connectivity index (χ4n) is 3.32. The summed E-state index contributed by atoms with van der Waals surface area (Å²) in [7, 11) is -3.75. The fraction of sp³-hybridized carbons (Fsp3) is 0.174. The smallest absolute Gasteiger partial charge is 0.247 e. The van der Waals surface area contributed by atoms with Crippen LogP contribution >= 0.6 is 0 Å². The third kappa shape index (κ3) is 4.78. The van der Waals surface area contributed by atoms with Crippen LogP contribution < -0.4 is 23.8 Å². The molecular weight excluding hydrogens is 432 g/mol. The van der Waals surface area contributed by atoms with Crippen LogP contribution in [0, 0.1) is 0 Å². The molecule has 0 saturated heterocycles. The Balaban J connectivity index is 1.52. The topological polar surface area (TPSA) is 94.2 Å². The molecule has 0 aliphatic carbocycles. The second kappa shape index (κ2) is 8.80. The lowest BCUT2D eigenvalue weighted by Gasteiger charge is -2.28. The van der Waals surface area contributed by atoms with Gasteiger partial charge in [-0.3, -0.25) is 9.10 Å². The van der Waals surface area contributed by atoms with Crippen LogP contribution in [0.3, 0.4) is 0 Å². The van der Waals surface area contributed by atoms with Crippen molar-refractivity contribution in [2.24, 2.45) is 0 Å². The lowest BCUT2D eigenvalue weighted by atomic mass is 10.2. The predicted molar refractivity (Wildman–Crippen MR) is 121 cm³/mol. The molecular formula is C23H22N2O6S. The molecule has 0 saturated carbocycles. The molecule has 1 amide bonds. The first-order chi connectivity index (χ1) is 15.3. The number of anilines is 2.